The lowest BCUT2D eigenvalue weighted by atomic mass is 9.91. The number of hydrogen-bond acceptors (Lipinski definition) is 3. The Morgan fingerprint density at radius 3 is 2.17 bits per heavy atom. The van der Waals surface area contributed by atoms with Gasteiger partial charge in [0.1, 0.15) is 6.33 Å². The van der Waals surface area contributed by atoms with Gasteiger partial charge < -0.3 is 0 Å². The number of nitrogens with zero attached hydrogens (tertiary/aromatic N) is 4. The summed E-state index contributed by atoms with van der Waals surface area (Å²) < 4.78 is 1.88. The maximum Gasteiger partial charge on any atom is 0.261 e. The molecule has 0 spiro atoms. The van der Waals surface area contributed by atoms with Crippen molar-refractivity contribution in [3.8, 4) is 0 Å². The summed E-state index contributed by atoms with van der Waals surface area (Å²) in [5.74, 6) is 0.511. The minimum absolute atomic E-state index is 0.00910. The zero-order valence-electron chi connectivity index (χ0n) is 16.7. The fourth-order valence-corrected chi connectivity index (χ4v) is 4.17. The molecule has 1 aromatic heterocycles. The van der Waals surface area contributed by atoms with Gasteiger partial charge in [-0.05, 0) is 36.6 Å². The number of amides is 1. The highest BCUT2D eigenvalue weighted by molar-refractivity contribution is 6.05. The maximum atomic E-state index is 13.6. The van der Waals surface area contributed by atoms with Crippen molar-refractivity contribution in [3.05, 3.63) is 114 Å². The van der Waals surface area contributed by atoms with Crippen LogP contribution in [0.15, 0.2) is 91.3 Å². The Bertz CT molecular complexity index is 1150. The first-order chi connectivity index (χ1) is 14.7. The third-order valence-corrected chi connectivity index (χ3v) is 5.71. The van der Waals surface area contributed by atoms with Crippen LogP contribution in [0, 0.1) is 6.92 Å². The molecule has 148 valence electrons. The number of hydrogen-bond donors (Lipinski definition) is 0. The van der Waals surface area contributed by atoms with Crippen LogP contribution in [0.5, 0.6) is 0 Å². The van der Waals surface area contributed by atoms with E-state index >= 15 is 0 Å². The predicted molar refractivity (Wildman–Crippen MR) is 116 cm³/mol. The molecule has 30 heavy (non-hydrogen) atoms. The smallest absolute Gasteiger partial charge is 0.261 e. The SMILES string of the molecule is Cc1ccc([C@@H]2C[C@H](c3ccccc3)n3ncnc3N2C(=O)c2ccccc2)cc1. The van der Waals surface area contributed by atoms with Crippen molar-refractivity contribution in [2.45, 2.75) is 25.4 Å². The minimum atomic E-state index is -0.139. The second-order valence-corrected chi connectivity index (χ2v) is 7.63. The quantitative estimate of drug-likeness (QED) is 0.493. The Kier molecular flexibility index (Phi) is 4.64. The first-order valence-electron chi connectivity index (χ1n) is 10.1. The number of aryl methyl sites for hydroxylation is 1. The lowest BCUT2D eigenvalue weighted by molar-refractivity contribution is 0.0963. The highest BCUT2D eigenvalue weighted by atomic mass is 16.2. The van der Waals surface area contributed by atoms with Crippen molar-refractivity contribution in [3.63, 3.8) is 0 Å². The molecule has 0 radical (unpaired) electrons. The van der Waals surface area contributed by atoms with Crippen molar-refractivity contribution >= 4 is 11.9 Å². The van der Waals surface area contributed by atoms with Gasteiger partial charge in [0.2, 0.25) is 5.95 Å². The standard InChI is InChI=1S/C25H22N4O/c1-18-12-14-20(15-13-18)22-16-23(19-8-4-2-5-9-19)29-25(26-17-27-29)28(22)24(30)21-10-6-3-7-11-21/h2-15,17,22-23H,16H2,1H3/t22-,23+/m0/s1. The van der Waals surface area contributed by atoms with Crippen molar-refractivity contribution in [2.24, 2.45) is 0 Å². The van der Waals surface area contributed by atoms with Crippen LogP contribution in [0.2, 0.25) is 0 Å². The van der Waals surface area contributed by atoms with Crippen molar-refractivity contribution in [1.82, 2.24) is 14.8 Å². The zero-order valence-corrected chi connectivity index (χ0v) is 16.7. The van der Waals surface area contributed by atoms with E-state index in [2.05, 4.69) is 53.4 Å². The summed E-state index contributed by atoms with van der Waals surface area (Å²) in [6.07, 6.45) is 2.26. The molecule has 0 fully saturated rings. The lowest BCUT2D eigenvalue weighted by Crippen LogP contribution is -2.42. The van der Waals surface area contributed by atoms with Crippen LogP contribution in [-0.4, -0.2) is 20.7 Å². The highest BCUT2D eigenvalue weighted by Crippen LogP contribution is 2.42. The second kappa shape index (κ2) is 7.59. The number of fused-ring (bicyclic) bond motifs is 1. The number of aromatic nitrogens is 3. The lowest BCUT2D eigenvalue weighted by Gasteiger charge is -2.39. The van der Waals surface area contributed by atoms with Crippen molar-refractivity contribution in [2.75, 3.05) is 4.90 Å². The summed E-state index contributed by atoms with van der Waals surface area (Å²) >= 11 is 0. The zero-order chi connectivity index (χ0) is 20.5. The Hall–Kier alpha value is -3.73. The molecular formula is C25H22N4O. The number of carbonyl (C=O) groups excluding carboxylic acids is 1. The van der Waals surface area contributed by atoms with Gasteiger partial charge in [0, 0.05) is 5.56 Å². The van der Waals surface area contributed by atoms with Crippen LogP contribution in [0.4, 0.5) is 5.95 Å². The van der Waals surface area contributed by atoms with Gasteiger partial charge in [-0.3, -0.25) is 9.69 Å². The molecule has 0 saturated carbocycles. The molecular weight excluding hydrogens is 372 g/mol. The van der Waals surface area contributed by atoms with Gasteiger partial charge in [-0.25, -0.2) is 4.68 Å². The summed E-state index contributed by atoms with van der Waals surface area (Å²) in [5.41, 5.74) is 4.09. The van der Waals surface area contributed by atoms with Gasteiger partial charge in [-0.15, -0.1) is 0 Å². The van der Waals surface area contributed by atoms with Crippen LogP contribution in [-0.2, 0) is 0 Å². The summed E-state index contributed by atoms with van der Waals surface area (Å²) in [7, 11) is 0. The molecule has 2 atom stereocenters. The van der Waals surface area contributed by atoms with Crippen molar-refractivity contribution < 1.29 is 4.79 Å². The van der Waals surface area contributed by atoms with Crippen LogP contribution in [0.25, 0.3) is 0 Å². The first-order valence-corrected chi connectivity index (χ1v) is 10.1. The molecule has 1 amide bonds. The fourth-order valence-electron chi connectivity index (χ4n) is 4.17. The third-order valence-electron chi connectivity index (χ3n) is 5.71. The summed E-state index contributed by atoms with van der Waals surface area (Å²) in [5, 5.41) is 4.49. The Labute approximate surface area is 175 Å². The van der Waals surface area contributed by atoms with Crippen LogP contribution < -0.4 is 4.90 Å². The van der Waals surface area contributed by atoms with Gasteiger partial charge in [-0.1, -0.05) is 78.4 Å². The Balaban J connectivity index is 1.65. The summed E-state index contributed by atoms with van der Waals surface area (Å²) in [4.78, 5) is 19.9. The van der Waals surface area contributed by atoms with Crippen LogP contribution in [0.3, 0.4) is 0 Å². The van der Waals surface area contributed by atoms with E-state index in [0.717, 1.165) is 17.5 Å². The van der Waals surface area contributed by atoms with Crippen molar-refractivity contribution in [1.29, 1.82) is 0 Å². The average Bonchev–Trinajstić information content (AvgIpc) is 3.29. The molecule has 5 nitrogen and oxygen atoms in total. The predicted octanol–water partition coefficient (Wildman–Crippen LogP) is 4.97. The minimum Gasteiger partial charge on any atom is -0.269 e. The van der Waals surface area contributed by atoms with E-state index < -0.39 is 0 Å². The summed E-state index contributed by atoms with van der Waals surface area (Å²) in [6, 6.07) is 28.0. The van der Waals surface area contributed by atoms with Gasteiger partial charge >= 0.3 is 0 Å². The maximum absolute atomic E-state index is 13.6. The topological polar surface area (TPSA) is 51.0 Å². The molecule has 0 aliphatic carbocycles. The van der Waals surface area contributed by atoms with Gasteiger partial charge in [0.05, 0.1) is 12.1 Å². The molecule has 1 aliphatic heterocycles. The largest absolute Gasteiger partial charge is 0.269 e. The Morgan fingerprint density at radius 1 is 0.833 bits per heavy atom. The number of rotatable bonds is 3. The Morgan fingerprint density at radius 2 is 1.47 bits per heavy atom. The molecule has 0 saturated heterocycles. The van der Waals surface area contributed by atoms with E-state index in [4.69, 9.17) is 0 Å². The highest BCUT2D eigenvalue weighted by Gasteiger charge is 2.39. The van der Waals surface area contributed by atoms with Gasteiger partial charge in [0.15, 0.2) is 0 Å². The van der Waals surface area contributed by atoms with E-state index in [9.17, 15) is 4.79 Å². The van der Waals surface area contributed by atoms with E-state index in [-0.39, 0.29) is 18.0 Å². The molecule has 0 bridgehead atoms. The van der Waals surface area contributed by atoms with Gasteiger partial charge in [0.25, 0.3) is 5.91 Å². The normalized spacial score (nSPS) is 18.1. The van der Waals surface area contributed by atoms with Gasteiger partial charge in [-0.2, -0.15) is 10.1 Å². The van der Waals surface area contributed by atoms with Crippen LogP contribution >= 0.6 is 0 Å². The fraction of sp³-hybridized carbons (Fsp3) is 0.160. The monoisotopic (exact) mass is 394 g/mol. The number of benzene rings is 3. The summed E-state index contributed by atoms with van der Waals surface area (Å²) in [6.45, 7) is 2.07. The molecule has 0 N–H and O–H groups in total. The molecule has 3 aromatic carbocycles. The van der Waals surface area contributed by atoms with Crippen LogP contribution in [0.1, 0.15) is 45.6 Å². The number of anilines is 1. The molecule has 5 rings (SSSR count). The third kappa shape index (κ3) is 3.18. The average molecular weight is 394 g/mol. The van der Waals surface area contributed by atoms with E-state index in [0.29, 0.717) is 11.5 Å². The first kappa shape index (κ1) is 18.3. The molecule has 0 unspecified atom stereocenters. The van der Waals surface area contributed by atoms with E-state index in [1.165, 1.54) is 11.9 Å². The molecule has 4 aromatic rings. The molecule has 2 heterocycles. The molecule has 5 heteroatoms. The number of carbonyl (C=O) groups is 1. The second-order valence-electron chi connectivity index (χ2n) is 7.63. The van der Waals surface area contributed by atoms with E-state index in [1.807, 2.05) is 53.2 Å². The van der Waals surface area contributed by atoms with E-state index in [1.54, 1.807) is 4.90 Å². The molecule has 1 aliphatic rings.